The van der Waals surface area contributed by atoms with Gasteiger partial charge in [-0.3, -0.25) is 10.1 Å². The lowest BCUT2D eigenvalue weighted by Crippen LogP contribution is -2.40. The zero-order chi connectivity index (χ0) is 17.9. The fourth-order valence-corrected chi connectivity index (χ4v) is 2.50. The van der Waals surface area contributed by atoms with Crippen molar-refractivity contribution in [1.82, 2.24) is 15.6 Å². The molecule has 0 bridgehead atoms. The van der Waals surface area contributed by atoms with Crippen LogP contribution >= 0.6 is 24.8 Å². The molecule has 1 amide bonds. The van der Waals surface area contributed by atoms with Crippen molar-refractivity contribution >= 4 is 30.7 Å². The van der Waals surface area contributed by atoms with E-state index in [0.717, 1.165) is 0 Å². The number of pyridine rings is 1. The number of nitrogens with one attached hydrogen (secondary N) is 2. The maximum absolute atomic E-state index is 13.2. The van der Waals surface area contributed by atoms with Gasteiger partial charge >= 0.3 is 0 Å². The van der Waals surface area contributed by atoms with Crippen LogP contribution in [-0.4, -0.2) is 29.4 Å². The highest BCUT2D eigenvalue weighted by molar-refractivity contribution is 5.85. The third kappa shape index (κ3) is 6.27. The molecular formula is C17H18Cl2F3N3O2. The number of halogens is 5. The maximum atomic E-state index is 13.2. The summed E-state index contributed by atoms with van der Waals surface area (Å²) in [6, 6.07) is 7.98. The number of aromatic nitrogens is 1. The molecule has 1 aromatic heterocycles. The standard InChI is InChI=1S/C17H16F3N3O2.2ClH/c18-12-4-1-5-13(7-12)25-16-11(3-2-6-21-16)9-22-15(24)14-8-17(19,20)10-23-14;;/h1-7,14,23H,8-10H2,(H,22,24);2*1H. The van der Waals surface area contributed by atoms with Gasteiger partial charge in [-0.2, -0.15) is 0 Å². The van der Waals surface area contributed by atoms with Crippen LogP contribution in [0.15, 0.2) is 42.6 Å². The van der Waals surface area contributed by atoms with Gasteiger partial charge in [0, 0.05) is 30.8 Å². The molecule has 1 atom stereocenters. The van der Waals surface area contributed by atoms with Crippen LogP contribution < -0.4 is 15.4 Å². The molecule has 27 heavy (non-hydrogen) atoms. The Morgan fingerprint density at radius 2 is 2.07 bits per heavy atom. The molecule has 1 saturated heterocycles. The Balaban J connectivity index is 0.00000182. The molecule has 1 aliphatic heterocycles. The number of amides is 1. The molecule has 1 aliphatic rings. The van der Waals surface area contributed by atoms with E-state index in [1.54, 1.807) is 18.2 Å². The number of rotatable bonds is 5. The van der Waals surface area contributed by atoms with Crippen molar-refractivity contribution in [2.75, 3.05) is 6.54 Å². The lowest BCUT2D eigenvalue weighted by Gasteiger charge is -2.13. The summed E-state index contributed by atoms with van der Waals surface area (Å²) in [7, 11) is 0. The van der Waals surface area contributed by atoms with Gasteiger partial charge in [0.2, 0.25) is 11.8 Å². The highest BCUT2D eigenvalue weighted by Gasteiger charge is 2.42. The van der Waals surface area contributed by atoms with Gasteiger partial charge in [-0.15, -0.1) is 24.8 Å². The van der Waals surface area contributed by atoms with Crippen LogP contribution in [-0.2, 0) is 11.3 Å². The number of carbonyl (C=O) groups excluding carboxylic acids is 1. The number of nitrogens with zero attached hydrogens (tertiary/aromatic N) is 1. The first kappa shape index (κ1) is 23.0. The first-order valence-electron chi connectivity index (χ1n) is 7.69. The number of ether oxygens (including phenoxy) is 1. The van der Waals surface area contributed by atoms with E-state index in [-0.39, 0.29) is 43.0 Å². The smallest absolute Gasteiger partial charge is 0.262 e. The molecule has 5 nitrogen and oxygen atoms in total. The summed E-state index contributed by atoms with van der Waals surface area (Å²) in [6.45, 7) is -0.451. The van der Waals surface area contributed by atoms with E-state index in [4.69, 9.17) is 4.74 Å². The van der Waals surface area contributed by atoms with E-state index in [1.165, 1.54) is 24.4 Å². The summed E-state index contributed by atoms with van der Waals surface area (Å²) in [4.78, 5) is 16.1. The Hall–Kier alpha value is -2.03. The molecule has 0 radical (unpaired) electrons. The summed E-state index contributed by atoms with van der Waals surface area (Å²) in [6.07, 6.45) is 0.970. The predicted octanol–water partition coefficient (Wildman–Crippen LogP) is 3.47. The van der Waals surface area contributed by atoms with Crippen LogP contribution in [0.1, 0.15) is 12.0 Å². The summed E-state index contributed by atoms with van der Waals surface area (Å²) in [5, 5.41) is 5.08. The summed E-state index contributed by atoms with van der Waals surface area (Å²) in [5.41, 5.74) is 0.546. The number of hydrogen-bond acceptors (Lipinski definition) is 4. The molecule has 0 saturated carbocycles. The summed E-state index contributed by atoms with van der Waals surface area (Å²) >= 11 is 0. The SMILES string of the molecule is Cl.Cl.O=C(NCc1cccnc1Oc1cccc(F)c1)C1CC(F)(F)CN1. The van der Waals surface area contributed by atoms with Crippen LogP contribution in [0.3, 0.4) is 0 Å². The summed E-state index contributed by atoms with van der Waals surface area (Å²) < 4.78 is 45.1. The van der Waals surface area contributed by atoms with E-state index >= 15 is 0 Å². The monoisotopic (exact) mass is 423 g/mol. The molecular weight excluding hydrogens is 406 g/mol. The van der Waals surface area contributed by atoms with Crippen molar-refractivity contribution < 1.29 is 22.7 Å². The number of hydrogen-bond donors (Lipinski definition) is 2. The first-order chi connectivity index (χ1) is 11.9. The van der Waals surface area contributed by atoms with Crippen LogP contribution in [0, 0.1) is 5.82 Å². The Labute approximate surface area is 166 Å². The first-order valence-corrected chi connectivity index (χ1v) is 7.69. The molecule has 148 valence electrons. The molecule has 2 heterocycles. The van der Waals surface area contributed by atoms with Crippen molar-refractivity contribution in [2.45, 2.75) is 24.9 Å². The second-order valence-corrected chi connectivity index (χ2v) is 5.74. The average Bonchev–Trinajstić information content (AvgIpc) is 2.94. The van der Waals surface area contributed by atoms with Gasteiger partial charge in [0.05, 0.1) is 12.6 Å². The van der Waals surface area contributed by atoms with Gasteiger partial charge in [0.15, 0.2) is 0 Å². The van der Waals surface area contributed by atoms with Crippen LogP contribution in [0.5, 0.6) is 11.6 Å². The lowest BCUT2D eigenvalue weighted by molar-refractivity contribution is -0.123. The Bertz CT molecular complexity index is 781. The normalized spacial score (nSPS) is 17.4. The number of benzene rings is 1. The molecule has 3 rings (SSSR count). The minimum atomic E-state index is -2.87. The summed E-state index contributed by atoms with van der Waals surface area (Å²) in [5.74, 6) is -3.36. The van der Waals surface area contributed by atoms with Gasteiger partial charge in [-0.1, -0.05) is 12.1 Å². The van der Waals surface area contributed by atoms with Crippen molar-refractivity contribution in [3.05, 3.63) is 54.0 Å². The van der Waals surface area contributed by atoms with Gasteiger partial charge in [-0.25, -0.2) is 18.2 Å². The quantitative estimate of drug-likeness (QED) is 0.772. The molecule has 1 fully saturated rings. The molecule has 0 aliphatic carbocycles. The Kier molecular flexibility index (Phi) is 8.33. The van der Waals surface area contributed by atoms with Crippen molar-refractivity contribution in [3.8, 4) is 11.6 Å². The second-order valence-electron chi connectivity index (χ2n) is 5.74. The third-order valence-corrected chi connectivity index (χ3v) is 3.74. The van der Waals surface area contributed by atoms with Crippen molar-refractivity contribution in [1.29, 1.82) is 0 Å². The molecule has 10 heteroatoms. The third-order valence-electron chi connectivity index (χ3n) is 3.74. The topological polar surface area (TPSA) is 63.2 Å². The zero-order valence-corrected chi connectivity index (χ0v) is 15.6. The molecule has 2 aromatic rings. The Morgan fingerprint density at radius 1 is 1.30 bits per heavy atom. The highest BCUT2D eigenvalue weighted by Crippen LogP contribution is 2.26. The van der Waals surface area contributed by atoms with Crippen molar-refractivity contribution in [2.24, 2.45) is 0 Å². The fraction of sp³-hybridized carbons (Fsp3) is 0.294. The zero-order valence-electron chi connectivity index (χ0n) is 14.0. The van der Waals surface area contributed by atoms with E-state index in [2.05, 4.69) is 15.6 Å². The molecule has 0 spiro atoms. The minimum absolute atomic E-state index is 0. The Morgan fingerprint density at radius 3 is 2.74 bits per heavy atom. The fourth-order valence-electron chi connectivity index (χ4n) is 2.50. The van der Waals surface area contributed by atoms with Crippen molar-refractivity contribution in [3.63, 3.8) is 0 Å². The van der Waals surface area contributed by atoms with Gasteiger partial charge in [0.25, 0.3) is 5.92 Å². The highest BCUT2D eigenvalue weighted by atomic mass is 35.5. The maximum Gasteiger partial charge on any atom is 0.262 e. The van der Waals surface area contributed by atoms with E-state index in [9.17, 15) is 18.0 Å². The van der Waals surface area contributed by atoms with E-state index < -0.39 is 36.7 Å². The van der Waals surface area contributed by atoms with Crippen LogP contribution in [0.25, 0.3) is 0 Å². The van der Waals surface area contributed by atoms with Crippen LogP contribution in [0.4, 0.5) is 13.2 Å². The van der Waals surface area contributed by atoms with Gasteiger partial charge in [-0.05, 0) is 18.2 Å². The average molecular weight is 424 g/mol. The van der Waals surface area contributed by atoms with E-state index in [0.29, 0.717) is 5.56 Å². The second kappa shape index (κ2) is 9.77. The molecule has 2 N–H and O–H groups in total. The number of carbonyl (C=O) groups is 1. The molecule has 1 aromatic carbocycles. The predicted molar refractivity (Wildman–Crippen MR) is 98.4 cm³/mol. The minimum Gasteiger partial charge on any atom is -0.439 e. The van der Waals surface area contributed by atoms with E-state index in [1.807, 2.05) is 0 Å². The van der Waals surface area contributed by atoms with Gasteiger partial charge < -0.3 is 10.1 Å². The van der Waals surface area contributed by atoms with Crippen LogP contribution in [0.2, 0.25) is 0 Å². The molecule has 1 unspecified atom stereocenters. The number of alkyl halides is 2. The largest absolute Gasteiger partial charge is 0.439 e. The lowest BCUT2D eigenvalue weighted by atomic mass is 10.2. The van der Waals surface area contributed by atoms with Gasteiger partial charge in [0.1, 0.15) is 11.6 Å².